The zero-order chi connectivity index (χ0) is 23.7. The number of aromatic nitrogens is 2. The van der Waals surface area contributed by atoms with Crippen molar-refractivity contribution < 1.29 is 9.90 Å². The SMILES string of the molecule is Cc1cccn2c(=O)c(/C=C3/SC(=S)N(CC(C)C)C3=O)c(N3CCN(CCO)CC3)nc12. The molecule has 1 N–H and O–H groups in total. The molecule has 2 fully saturated rings. The molecule has 0 atom stereocenters. The topological polar surface area (TPSA) is 81.4 Å². The molecule has 10 heteroatoms. The number of nitrogens with zero attached hydrogens (tertiary/aromatic N) is 5. The largest absolute Gasteiger partial charge is 0.395 e. The Morgan fingerprint density at radius 2 is 1.97 bits per heavy atom. The minimum absolute atomic E-state index is 0.123. The standard InChI is InChI=1S/C23H29N5O3S2/c1-15(2)14-28-22(31)18(33-23(28)32)13-17-20(26-9-7-25(8-10-26)11-12-29)24-19-16(3)5-4-6-27(19)21(17)30/h4-6,13,15,29H,7-12,14H2,1-3H3/b18-13+. The van der Waals surface area contributed by atoms with Gasteiger partial charge in [0.1, 0.15) is 15.8 Å². The molecule has 4 rings (SSSR count). The number of hydrogen-bond donors (Lipinski definition) is 1. The molecule has 0 radical (unpaired) electrons. The third kappa shape index (κ3) is 4.84. The third-order valence-electron chi connectivity index (χ3n) is 5.85. The Hall–Kier alpha value is -2.27. The lowest BCUT2D eigenvalue weighted by Crippen LogP contribution is -2.48. The number of carbonyl (C=O) groups is 1. The number of rotatable bonds is 6. The van der Waals surface area contributed by atoms with Crippen molar-refractivity contribution in [1.82, 2.24) is 19.2 Å². The van der Waals surface area contributed by atoms with E-state index in [0.29, 0.717) is 52.4 Å². The van der Waals surface area contributed by atoms with Gasteiger partial charge in [-0.25, -0.2) is 4.98 Å². The number of thiocarbonyl (C=S) groups is 1. The zero-order valence-corrected chi connectivity index (χ0v) is 20.8. The van der Waals surface area contributed by atoms with Gasteiger partial charge in [-0.2, -0.15) is 0 Å². The van der Waals surface area contributed by atoms with Gasteiger partial charge < -0.3 is 10.0 Å². The number of carbonyl (C=O) groups excluding carboxylic acids is 1. The molecule has 176 valence electrons. The second-order valence-electron chi connectivity index (χ2n) is 8.78. The summed E-state index contributed by atoms with van der Waals surface area (Å²) in [6.45, 7) is 10.2. The summed E-state index contributed by atoms with van der Waals surface area (Å²) < 4.78 is 2.06. The lowest BCUT2D eigenvalue weighted by Gasteiger charge is -2.35. The molecule has 0 spiro atoms. The van der Waals surface area contributed by atoms with Crippen molar-refractivity contribution in [1.29, 1.82) is 0 Å². The number of aliphatic hydroxyl groups excluding tert-OH is 1. The predicted molar refractivity (Wildman–Crippen MR) is 137 cm³/mol. The van der Waals surface area contributed by atoms with Crippen molar-refractivity contribution in [3.05, 3.63) is 44.7 Å². The molecule has 0 unspecified atom stereocenters. The van der Waals surface area contributed by atoms with Crippen LogP contribution in [0.25, 0.3) is 11.7 Å². The first-order valence-electron chi connectivity index (χ1n) is 11.2. The second-order valence-corrected chi connectivity index (χ2v) is 10.5. The van der Waals surface area contributed by atoms with E-state index in [1.165, 1.54) is 11.8 Å². The van der Waals surface area contributed by atoms with Crippen LogP contribution in [0, 0.1) is 12.8 Å². The maximum Gasteiger partial charge on any atom is 0.267 e. The number of aryl methyl sites for hydroxylation is 1. The van der Waals surface area contributed by atoms with Crippen LogP contribution in [0.5, 0.6) is 0 Å². The molecule has 2 aromatic heterocycles. The van der Waals surface area contributed by atoms with E-state index in [1.54, 1.807) is 21.6 Å². The van der Waals surface area contributed by atoms with E-state index in [9.17, 15) is 14.7 Å². The summed E-state index contributed by atoms with van der Waals surface area (Å²) in [7, 11) is 0. The minimum atomic E-state index is -0.203. The van der Waals surface area contributed by atoms with Crippen molar-refractivity contribution in [3.8, 4) is 0 Å². The van der Waals surface area contributed by atoms with Gasteiger partial charge >= 0.3 is 0 Å². The monoisotopic (exact) mass is 487 g/mol. The summed E-state index contributed by atoms with van der Waals surface area (Å²) in [4.78, 5) is 37.9. The van der Waals surface area contributed by atoms with Crippen LogP contribution in [0.3, 0.4) is 0 Å². The van der Waals surface area contributed by atoms with Crippen LogP contribution in [-0.4, -0.2) is 80.4 Å². The quantitative estimate of drug-likeness (QED) is 0.489. The van der Waals surface area contributed by atoms with Gasteiger partial charge in [0.2, 0.25) is 0 Å². The van der Waals surface area contributed by atoms with Crippen LogP contribution < -0.4 is 10.5 Å². The Kier molecular flexibility index (Phi) is 7.18. The van der Waals surface area contributed by atoms with Crippen molar-refractivity contribution in [2.75, 3.05) is 50.8 Å². The number of pyridine rings is 1. The molecule has 4 heterocycles. The van der Waals surface area contributed by atoms with Crippen LogP contribution in [0.1, 0.15) is 25.0 Å². The molecule has 0 saturated carbocycles. The Balaban J connectivity index is 1.79. The Labute approximate surface area is 202 Å². The first kappa shape index (κ1) is 23.9. The molecule has 2 aliphatic rings. The minimum Gasteiger partial charge on any atom is -0.395 e. The third-order valence-corrected chi connectivity index (χ3v) is 7.23. The molecular weight excluding hydrogens is 458 g/mol. The van der Waals surface area contributed by atoms with E-state index in [-0.39, 0.29) is 24.0 Å². The van der Waals surface area contributed by atoms with E-state index in [0.717, 1.165) is 18.7 Å². The van der Waals surface area contributed by atoms with Gasteiger partial charge in [0.15, 0.2) is 0 Å². The van der Waals surface area contributed by atoms with Crippen molar-refractivity contribution in [2.45, 2.75) is 20.8 Å². The second kappa shape index (κ2) is 9.92. The number of β-amino-alcohol motifs (C(OH)–C–C–N with tert-alkyl or cyclic N) is 1. The molecule has 2 saturated heterocycles. The van der Waals surface area contributed by atoms with Crippen LogP contribution in [0.15, 0.2) is 28.0 Å². The van der Waals surface area contributed by atoms with Crippen molar-refractivity contribution >= 4 is 51.7 Å². The maximum atomic E-state index is 13.6. The molecule has 0 aromatic carbocycles. The number of fused-ring (bicyclic) bond motifs is 1. The summed E-state index contributed by atoms with van der Waals surface area (Å²) in [5, 5.41) is 9.24. The molecule has 8 nitrogen and oxygen atoms in total. The molecule has 2 aliphatic heterocycles. The average Bonchev–Trinajstić information content (AvgIpc) is 3.04. The van der Waals surface area contributed by atoms with Crippen LogP contribution in [0.4, 0.5) is 5.82 Å². The molecule has 2 aromatic rings. The van der Waals surface area contributed by atoms with Crippen molar-refractivity contribution in [2.24, 2.45) is 5.92 Å². The van der Waals surface area contributed by atoms with Crippen LogP contribution in [0.2, 0.25) is 0 Å². The fourth-order valence-corrected chi connectivity index (χ4v) is 5.40. The molecule has 1 amide bonds. The number of anilines is 1. The summed E-state index contributed by atoms with van der Waals surface area (Å²) in [6, 6.07) is 3.76. The van der Waals surface area contributed by atoms with Crippen LogP contribution in [-0.2, 0) is 4.79 Å². The Morgan fingerprint density at radius 1 is 1.24 bits per heavy atom. The van der Waals surface area contributed by atoms with E-state index < -0.39 is 0 Å². The number of hydrogen-bond acceptors (Lipinski definition) is 8. The predicted octanol–water partition coefficient (Wildman–Crippen LogP) is 1.97. The Morgan fingerprint density at radius 3 is 2.64 bits per heavy atom. The zero-order valence-electron chi connectivity index (χ0n) is 19.2. The van der Waals surface area contributed by atoms with E-state index in [4.69, 9.17) is 17.2 Å². The molecule has 0 bridgehead atoms. The summed E-state index contributed by atoms with van der Waals surface area (Å²) in [6.07, 6.45) is 3.38. The number of aliphatic hydroxyl groups is 1. The highest BCUT2D eigenvalue weighted by molar-refractivity contribution is 8.26. The van der Waals surface area contributed by atoms with Gasteiger partial charge in [-0.05, 0) is 30.5 Å². The lowest BCUT2D eigenvalue weighted by atomic mass is 10.2. The molecule has 0 aliphatic carbocycles. The smallest absolute Gasteiger partial charge is 0.267 e. The maximum absolute atomic E-state index is 13.6. The number of thioether (sulfide) groups is 1. The highest BCUT2D eigenvalue weighted by Gasteiger charge is 2.33. The summed E-state index contributed by atoms with van der Waals surface area (Å²) >= 11 is 6.68. The van der Waals surface area contributed by atoms with E-state index in [1.807, 2.05) is 32.9 Å². The number of piperazine rings is 1. The van der Waals surface area contributed by atoms with Gasteiger partial charge in [-0.1, -0.05) is 43.9 Å². The first-order chi connectivity index (χ1) is 15.8. The van der Waals surface area contributed by atoms with Gasteiger partial charge in [-0.15, -0.1) is 0 Å². The van der Waals surface area contributed by atoms with Gasteiger partial charge in [0.05, 0.1) is 17.1 Å². The van der Waals surface area contributed by atoms with Gasteiger partial charge in [-0.3, -0.25) is 23.8 Å². The van der Waals surface area contributed by atoms with Crippen molar-refractivity contribution in [3.63, 3.8) is 0 Å². The van der Waals surface area contributed by atoms with Crippen LogP contribution >= 0.6 is 24.0 Å². The highest BCUT2D eigenvalue weighted by Crippen LogP contribution is 2.34. The molecular formula is C23H29N5O3S2. The van der Waals surface area contributed by atoms with Gasteiger partial charge in [0, 0.05) is 45.5 Å². The first-order valence-corrected chi connectivity index (χ1v) is 12.4. The highest BCUT2D eigenvalue weighted by atomic mass is 32.2. The lowest BCUT2D eigenvalue weighted by molar-refractivity contribution is -0.122. The average molecular weight is 488 g/mol. The van der Waals surface area contributed by atoms with E-state index in [2.05, 4.69) is 9.80 Å². The summed E-state index contributed by atoms with van der Waals surface area (Å²) in [5.41, 5.74) is 1.72. The van der Waals surface area contributed by atoms with Gasteiger partial charge in [0.25, 0.3) is 11.5 Å². The molecule has 33 heavy (non-hydrogen) atoms. The fourth-order valence-electron chi connectivity index (χ4n) is 4.15. The number of amides is 1. The normalized spacial score (nSPS) is 19.0. The van der Waals surface area contributed by atoms with E-state index >= 15 is 0 Å². The Bertz CT molecular complexity index is 1170. The fraction of sp³-hybridized carbons (Fsp3) is 0.478. The summed E-state index contributed by atoms with van der Waals surface area (Å²) in [5.74, 6) is 0.715.